The second-order valence-electron chi connectivity index (χ2n) is 4.36. The van der Waals surface area contributed by atoms with E-state index in [4.69, 9.17) is 5.11 Å². The molecule has 0 saturated carbocycles. The van der Waals surface area contributed by atoms with Gasteiger partial charge in [0.1, 0.15) is 0 Å². The molecule has 0 fully saturated rings. The van der Waals surface area contributed by atoms with Crippen molar-refractivity contribution in [3.05, 3.63) is 0 Å². The van der Waals surface area contributed by atoms with E-state index in [1.54, 1.807) is 18.7 Å². The Morgan fingerprint density at radius 3 is 2.38 bits per heavy atom. The van der Waals surface area contributed by atoms with Crippen LogP contribution >= 0.6 is 11.8 Å². The van der Waals surface area contributed by atoms with Gasteiger partial charge in [0, 0.05) is 6.54 Å². The van der Waals surface area contributed by atoms with Gasteiger partial charge >= 0.3 is 5.97 Å². The zero-order valence-electron chi connectivity index (χ0n) is 10.4. The minimum Gasteiger partial charge on any atom is -0.481 e. The van der Waals surface area contributed by atoms with Gasteiger partial charge < -0.3 is 10.4 Å². The van der Waals surface area contributed by atoms with Crippen molar-refractivity contribution in [1.82, 2.24) is 5.32 Å². The van der Waals surface area contributed by atoms with Crippen molar-refractivity contribution in [1.29, 1.82) is 0 Å². The van der Waals surface area contributed by atoms with E-state index in [9.17, 15) is 9.59 Å². The summed E-state index contributed by atoms with van der Waals surface area (Å²) in [4.78, 5) is 22.4. The summed E-state index contributed by atoms with van der Waals surface area (Å²) in [5.74, 6) is -0.580. The molecule has 0 aromatic rings. The van der Waals surface area contributed by atoms with Crippen LogP contribution in [0.5, 0.6) is 0 Å². The van der Waals surface area contributed by atoms with E-state index < -0.39 is 11.4 Å². The highest BCUT2D eigenvalue weighted by Crippen LogP contribution is 2.20. The molecule has 1 amide bonds. The highest BCUT2D eigenvalue weighted by atomic mass is 32.2. The molecular weight excluding hydrogens is 226 g/mol. The zero-order chi connectivity index (χ0) is 12.8. The van der Waals surface area contributed by atoms with Crippen molar-refractivity contribution in [2.24, 2.45) is 5.41 Å². The Bertz CT molecular complexity index is 256. The fraction of sp³-hybridized carbons (Fsp3) is 0.818. The monoisotopic (exact) mass is 247 g/mol. The summed E-state index contributed by atoms with van der Waals surface area (Å²) in [7, 11) is 0. The molecule has 0 radical (unpaired) electrons. The standard InChI is InChI=1S/C11H21NO3S/c1-5-11(4,10(14)15)7-12-9(13)6-16-8(2)3/h8H,5-7H2,1-4H3,(H,12,13)(H,14,15). The number of carboxylic acids is 1. The smallest absolute Gasteiger partial charge is 0.311 e. The molecule has 0 aliphatic carbocycles. The molecule has 16 heavy (non-hydrogen) atoms. The average Bonchev–Trinajstić information content (AvgIpc) is 2.22. The van der Waals surface area contributed by atoms with Crippen LogP contribution in [0.25, 0.3) is 0 Å². The molecule has 1 atom stereocenters. The van der Waals surface area contributed by atoms with Crippen LogP contribution in [0, 0.1) is 5.41 Å². The summed E-state index contributed by atoms with van der Waals surface area (Å²) in [6.45, 7) is 7.68. The van der Waals surface area contributed by atoms with E-state index in [0.717, 1.165) is 0 Å². The van der Waals surface area contributed by atoms with Crippen molar-refractivity contribution in [2.45, 2.75) is 39.4 Å². The number of aliphatic carboxylic acids is 1. The summed E-state index contributed by atoms with van der Waals surface area (Å²) in [5, 5.41) is 12.1. The molecule has 4 nitrogen and oxygen atoms in total. The lowest BCUT2D eigenvalue weighted by Gasteiger charge is -2.23. The number of hydrogen-bond donors (Lipinski definition) is 2. The van der Waals surface area contributed by atoms with Crippen LogP contribution in [0.4, 0.5) is 0 Å². The minimum absolute atomic E-state index is 0.0976. The van der Waals surface area contributed by atoms with Gasteiger partial charge in [-0.3, -0.25) is 9.59 Å². The highest BCUT2D eigenvalue weighted by molar-refractivity contribution is 8.00. The molecule has 0 aromatic heterocycles. The van der Waals surface area contributed by atoms with Crippen LogP contribution in [0.2, 0.25) is 0 Å². The SMILES string of the molecule is CCC(C)(CNC(=O)CSC(C)C)C(=O)O. The Balaban J connectivity index is 4.03. The summed E-state index contributed by atoms with van der Waals surface area (Å²) in [6.07, 6.45) is 0.500. The Hall–Kier alpha value is -0.710. The quantitative estimate of drug-likeness (QED) is 0.719. The van der Waals surface area contributed by atoms with E-state index in [2.05, 4.69) is 5.32 Å². The second-order valence-corrected chi connectivity index (χ2v) is 5.92. The molecule has 5 heteroatoms. The van der Waals surface area contributed by atoms with Gasteiger partial charge in [0.2, 0.25) is 5.91 Å². The molecule has 0 aliphatic rings. The fourth-order valence-electron chi connectivity index (χ4n) is 0.939. The van der Waals surface area contributed by atoms with E-state index >= 15 is 0 Å². The maximum atomic E-state index is 11.4. The largest absolute Gasteiger partial charge is 0.481 e. The highest BCUT2D eigenvalue weighted by Gasteiger charge is 2.31. The predicted octanol–water partition coefficient (Wildman–Crippen LogP) is 1.75. The molecule has 0 bridgehead atoms. The first-order valence-corrected chi connectivity index (χ1v) is 6.48. The Labute approximate surface area is 101 Å². The Kier molecular flexibility index (Phi) is 6.48. The number of carbonyl (C=O) groups excluding carboxylic acids is 1. The minimum atomic E-state index is -0.869. The summed E-state index contributed by atoms with van der Waals surface area (Å²) in [5.41, 5.74) is -0.863. The summed E-state index contributed by atoms with van der Waals surface area (Å²) in [6, 6.07) is 0. The normalized spacial score (nSPS) is 14.6. The van der Waals surface area contributed by atoms with Crippen molar-refractivity contribution < 1.29 is 14.7 Å². The first kappa shape index (κ1) is 15.3. The zero-order valence-corrected chi connectivity index (χ0v) is 11.2. The number of carbonyl (C=O) groups is 2. The molecule has 94 valence electrons. The van der Waals surface area contributed by atoms with Gasteiger partial charge in [-0.2, -0.15) is 0 Å². The van der Waals surface area contributed by atoms with Crippen molar-refractivity contribution >= 4 is 23.6 Å². The van der Waals surface area contributed by atoms with E-state index in [-0.39, 0.29) is 12.5 Å². The molecular formula is C11H21NO3S. The van der Waals surface area contributed by atoms with Gasteiger partial charge in [0.25, 0.3) is 0 Å². The van der Waals surface area contributed by atoms with E-state index in [0.29, 0.717) is 17.4 Å². The third kappa shape index (κ3) is 5.39. The summed E-state index contributed by atoms with van der Waals surface area (Å²) >= 11 is 1.55. The maximum Gasteiger partial charge on any atom is 0.311 e. The van der Waals surface area contributed by atoms with Crippen LogP contribution in [0.3, 0.4) is 0 Å². The molecule has 0 heterocycles. The number of nitrogens with one attached hydrogen (secondary N) is 1. The van der Waals surface area contributed by atoms with Gasteiger partial charge in [-0.1, -0.05) is 20.8 Å². The van der Waals surface area contributed by atoms with Crippen LogP contribution in [-0.4, -0.2) is 34.5 Å². The molecule has 0 saturated heterocycles. The lowest BCUT2D eigenvalue weighted by Crippen LogP contribution is -2.41. The number of hydrogen-bond acceptors (Lipinski definition) is 3. The topological polar surface area (TPSA) is 66.4 Å². The third-order valence-corrected chi connectivity index (χ3v) is 3.62. The molecule has 0 aliphatic heterocycles. The maximum absolute atomic E-state index is 11.4. The summed E-state index contributed by atoms with van der Waals surface area (Å²) < 4.78 is 0. The average molecular weight is 247 g/mol. The van der Waals surface area contributed by atoms with Gasteiger partial charge in [-0.05, 0) is 18.6 Å². The second kappa shape index (κ2) is 6.78. The fourth-order valence-corrected chi connectivity index (χ4v) is 1.53. The lowest BCUT2D eigenvalue weighted by atomic mass is 9.88. The van der Waals surface area contributed by atoms with Crippen molar-refractivity contribution in [2.75, 3.05) is 12.3 Å². The van der Waals surface area contributed by atoms with Gasteiger partial charge in [-0.25, -0.2) is 0 Å². The number of carboxylic acid groups (broad SMARTS) is 1. The number of rotatable bonds is 7. The van der Waals surface area contributed by atoms with Gasteiger partial charge in [-0.15, -0.1) is 11.8 Å². The van der Waals surface area contributed by atoms with Crippen LogP contribution in [0.15, 0.2) is 0 Å². The molecule has 0 spiro atoms. The lowest BCUT2D eigenvalue weighted by molar-refractivity contribution is -0.148. The molecule has 0 aromatic carbocycles. The van der Waals surface area contributed by atoms with E-state index in [1.165, 1.54) is 0 Å². The molecule has 1 unspecified atom stereocenters. The first-order chi connectivity index (χ1) is 7.31. The third-order valence-electron chi connectivity index (χ3n) is 2.52. The Morgan fingerprint density at radius 1 is 1.44 bits per heavy atom. The number of thioether (sulfide) groups is 1. The van der Waals surface area contributed by atoms with E-state index in [1.807, 2.05) is 20.8 Å². The predicted molar refractivity (Wildman–Crippen MR) is 66.6 cm³/mol. The van der Waals surface area contributed by atoms with Crippen LogP contribution in [-0.2, 0) is 9.59 Å². The first-order valence-electron chi connectivity index (χ1n) is 5.43. The van der Waals surface area contributed by atoms with Crippen LogP contribution in [0.1, 0.15) is 34.1 Å². The molecule has 2 N–H and O–H groups in total. The van der Waals surface area contributed by atoms with Gasteiger partial charge in [0.05, 0.1) is 11.2 Å². The Morgan fingerprint density at radius 2 is 2.00 bits per heavy atom. The number of amides is 1. The van der Waals surface area contributed by atoms with Crippen molar-refractivity contribution in [3.63, 3.8) is 0 Å². The van der Waals surface area contributed by atoms with Crippen LogP contribution < -0.4 is 5.32 Å². The molecule has 0 rings (SSSR count). The van der Waals surface area contributed by atoms with Gasteiger partial charge in [0.15, 0.2) is 0 Å². The van der Waals surface area contributed by atoms with Crippen molar-refractivity contribution in [3.8, 4) is 0 Å².